The van der Waals surface area contributed by atoms with Crippen LogP contribution < -0.4 is 14.9 Å². The molecule has 1 aliphatic carbocycles. The average molecular weight is 846 g/mol. The van der Waals surface area contributed by atoms with Crippen molar-refractivity contribution in [2.75, 3.05) is 39.5 Å². The molecule has 8 rings (SSSR count). The minimum absolute atomic E-state index is 0.000709. The molecule has 2 aromatic carbocycles. The third-order valence-electron chi connectivity index (χ3n) is 10.7. The van der Waals surface area contributed by atoms with Gasteiger partial charge in [-0.2, -0.15) is 13.2 Å². The summed E-state index contributed by atoms with van der Waals surface area (Å²) in [6.45, 7) is 1.03. The Hall–Kier alpha value is -4.08. The van der Waals surface area contributed by atoms with Gasteiger partial charge in [0.2, 0.25) is 5.95 Å². The molecule has 5 heterocycles. The van der Waals surface area contributed by atoms with E-state index in [0.717, 1.165) is 18.9 Å². The highest BCUT2D eigenvalue weighted by Gasteiger charge is 2.52. The highest BCUT2D eigenvalue weighted by Crippen LogP contribution is 2.48. The number of anilines is 3. The van der Waals surface area contributed by atoms with Crippen molar-refractivity contribution in [3.8, 4) is 21.8 Å². The summed E-state index contributed by atoms with van der Waals surface area (Å²) in [6.07, 6.45) is -2.00. The second-order valence-electron chi connectivity index (χ2n) is 14.6. The van der Waals surface area contributed by atoms with Gasteiger partial charge in [-0.3, -0.25) is 9.62 Å². The van der Waals surface area contributed by atoms with Gasteiger partial charge in [-0.25, -0.2) is 49.3 Å². The molecule has 2 unspecified atom stereocenters. The van der Waals surface area contributed by atoms with Gasteiger partial charge >= 0.3 is 6.18 Å². The number of benzene rings is 2. The maximum Gasteiger partial charge on any atom is 0.417 e. The van der Waals surface area contributed by atoms with Gasteiger partial charge in [0, 0.05) is 61.9 Å². The smallest absolute Gasteiger partial charge is 0.351 e. The quantitative estimate of drug-likeness (QED) is 0.173. The first-order valence-corrected chi connectivity index (χ1v) is 21.9. The van der Waals surface area contributed by atoms with Crippen LogP contribution in [0.25, 0.3) is 21.8 Å². The molecular weight excluding hydrogens is 812 g/mol. The molecule has 0 spiro atoms. The third kappa shape index (κ3) is 7.53. The van der Waals surface area contributed by atoms with E-state index >= 15 is 4.39 Å². The first kappa shape index (κ1) is 38.8. The summed E-state index contributed by atoms with van der Waals surface area (Å²) in [5.41, 5.74) is -2.45. The highest BCUT2D eigenvalue weighted by molar-refractivity contribution is 7.92. The lowest BCUT2D eigenvalue weighted by atomic mass is 9.86. The molecule has 4 fully saturated rings. The van der Waals surface area contributed by atoms with Crippen LogP contribution in [-0.2, 0) is 26.0 Å². The zero-order chi connectivity index (χ0) is 39.8. The summed E-state index contributed by atoms with van der Waals surface area (Å²) in [4.78, 5) is 16.6. The number of halogens is 7. The molecule has 2 bridgehead atoms. The van der Waals surface area contributed by atoms with E-state index in [-0.39, 0.29) is 65.7 Å². The van der Waals surface area contributed by atoms with E-state index in [9.17, 15) is 43.2 Å². The normalized spacial score (nSPS) is 22.9. The minimum atomic E-state index is -5.33. The van der Waals surface area contributed by atoms with Crippen molar-refractivity contribution in [2.45, 2.75) is 79.7 Å². The summed E-state index contributed by atoms with van der Waals surface area (Å²) in [7, 11) is -8.47. The number of fused-ring (bicyclic) bond motifs is 2. The molecule has 0 amide bonds. The van der Waals surface area contributed by atoms with E-state index in [1.54, 1.807) is 10.8 Å². The predicted molar refractivity (Wildman–Crippen MR) is 195 cm³/mol. The van der Waals surface area contributed by atoms with Crippen molar-refractivity contribution in [3.63, 3.8) is 0 Å². The number of thiazole rings is 1. The number of piperazine rings is 1. The van der Waals surface area contributed by atoms with E-state index in [4.69, 9.17) is 4.98 Å². The SMILES string of the molecule is O=S1(=O)CCC(Nc2nccc(-c3sc(N4C5CCC4CN(C4CC(F)(F)C4)C5)nc3-c3cccc(NS(=O)(=O)c4c(F)cccc4C(F)(F)F)c3F)n2)CC1. The van der Waals surface area contributed by atoms with Crippen LogP contribution in [0, 0.1) is 11.6 Å². The van der Waals surface area contributed by atoms with E-state index in [2.05, 4.69) is 25.1 Å². The van der Waals surface area contributed by atoms with E-state index in [0.29, 0.717) is 59.8 Å². The number of nitrogens with one attached hydrogen (secondary N) is 2. The Morgan fingerprint density at radius 1 is 0.893 bits per heavy atom. The molecule has 300 valence electrons. The van der Waals surface area contributed by atoms with Crippen molar-refractivity contribution >= 4 is 48.0 Å². The molecule has 3 aliphatic heterocycles. The molecule has 2 N–H and O–H groups in total. The number of hydrogen-bond donors (Lipinski definition) is 2. The van der Waals surface area contributed by atoms with Gasteiger partial charge in [-0.1, -0.05) is 23.5 Å². The monoisotopic (exact) mass is 845 g/mol. The van der Waals surface area contributed by atoms with Gasteiger partial charge in [0.15, 0.2) is 10.9 Å². The van der Waals surface area contributed by atoms with Crippen LogP contribution in [0.2, 0.25) is 0 Å². The number of alkyl halides is 5. The summed E-state index contributed by atoms with van der Waals surface area (Å²) >= 11 is 1.18. The summed E-state index contributed by atoms with van der Waals surface area (Å²) < 4.78 is 153. The second kappa shape index (κ2) is 14.1. The van der Waals surface area contributed by atoms with Crippen LogP contribution in [0.1, 0.15) is 44.1 Å². The van der Waals surface area contributed by atoms with E-state index in [1.165, 1.54) is 29.7 Å². The summed E-state index contributed by atoms with van der Waals surface area (Å²) in [5.74, 6) is -5.39. The number of hydrogen-bond acceptors (Lipinski definition) is 11. The number of rotatable bonds is 9. The standard InChI is InChI=1S/C35H34F7N7O4S3/c36-25-5-2-4-24(35(40,41)42)31(25)56(52,53)47-26-6-1-3-23(28(26)37)29-30(27-9-12-43-32(45-27)44-19-10-13-55(50,51)14-11-19)54-33(46-29)49-20-7-8-21(49)18-48(17-20)22-15-34(38,39)16-22/h1-6,9,12,19-22,47H,7-8,10-11,13-18H2,(H,43,44,45). The highest BCUT2D eigenvalue weighted by atomic mass is 32.2. The van der Waals surface area contributed by atoms with Crippen LogP contribution in [0.3, 0.4) is 0 Å². The van der Waals surface area contributed by atoms with Crippen molar-refractivity contribution < 1.29 is 47.6 Å². The van der Waals surface area contributed by atoms with Crippen LogP contribution in [-0.4, -0.2) is 91.4 Å². The molecule has 3 saturated heterocycles. The Balaban J connectivity index is 1.16. The Morgan fingerprint density at radius 3 is 2.23 bits per heavy atom. The zero-order valence-corrected chi connectivity index (χ0v) is 31.7. The number of aromatic nitrogens is 3. The van der Waals surface area contributed by atoms with Crippen LogP contribution in [0.4, 0.5) is 47.5 Å². The maximum absolute atomic E-state index is 16.6. The molecule has 2 atom stereocenters. The van der Waals surface area contributed by atoms with E-state index < -0.39 is 59.7 Å². The Morgan fingerprint density at radius 2 is 1.57 bits per heavy atom. The molecule has 56 heavy (non-hydrogen) atoms. The van der Waals surface area contributed by atoms with Gasteiger partial charge in [0.1, 0.15) is 20.5 Å². The molecule has 2 aromatic heterocycles. The molecule has 1 saturated carbocycles. The van der Waals surface area contributed by atoms with Crippen molar-refractivity contribution in [1.82, 2.24) is 19.9 Å². The van der Waals surface area contributed by atoms with Crippen molar-refractivity contribution in [3.05, 3.63) is 65.9 Å². The zero-order valence-electron chi connectivity index (χ0n) is 29.2. The molecule has 4 aromatic rings. The first-order valence-electron chi connectivity index (χ1n) is 17.8. The number of sulfonamides is 1. The van der Waals surface area contributed by atoms with Crippen LogP contribution in [0.15, 0.2) is 53.6 Å². The van der Waals surface area contributed by atoms with Crippen LogP contribution in [0.5, 0.6) is 0 Å². The average Bonchev–Trinajstić information content (AvgIpc) is 3.66. The topological polar surface area (TPSA) is 137 Å². The number of nitrogens with zero attached hydrogens (tertiary/aromatic N) is 5. The van der Waals surface area contributed by atoms with Crippen LogP contribution >= 0.6 is 11.3 Å². The Bertz CT molecular complexity index is 2360. The fourth-order valence-corrected chi connectivity index (χ4v) is 12.0. The van der Waals surface area contributed by atoms with Gasteiger partial charge in [0.05, 0.1) is 39.0 Å². The largest absolute Gasteiger partial charge is 0.417 e. The molecule has 0 radical (unpaired) electrons. The minimum Gasteiger partial charge on any atom is -0.351 e. The fourth-order valence-electron chi connectivity index (χ4n) is 7.98. The molecular formula is C35H34F7N7O4S3. The fraction of sp³-hybridized carbons (Fsp3) is 0.457. The van der Waals surface area contributed by atoms with Gasteiger partial charge < -0.3 is 10.2 Å². The lowest BCUT2D eigenvalue weighted by Gasteiger charge is -2.49. The molecule has 4 aliphatic rings. The number of sulfone groups is 1. The maximum atomic E-state index is 16.6. The first-order chi connectivity index (χ1) is 26.4. The summed E-state index contributed by atoms with van der Waals surface area (Å²) in [5, 5.41) is 3.63. The van der Waals surface area contributed by atoms with Gasteiger partial charge in [-0.05, 0) is 56.0 Å². The van der Waals surface area contributed by atoms with Gasteiger partial charge in [-0.15, -0.1) is 0 Å². The second-order valence-corrected chi connectivity index (χ2v) is 19.5. The van der Waals surface area contributed by atoms with Gasteiger partial charge in [0.25, 0.3) is 15.9 Å². The van der Waals surface area contributed by atoms with Crippen molar-refractivity contribution in [2.24, 2.45) is 0 Å². The predicted octanol–water partition coefficient (Wildman–Crippen LogP) is 6.80. The lowest BCUT2D eigenvalue weighted by Crippen LogP contribution is -2.61. The molecule has 11 nitrogen and oxygen atoms in total. The Kier molecular flexibility index (Phi) is 9.75. The van der Waals surface area contributed by atoms with Crippen molar-refractivity contribution in [1.29, 1.82) is 0 Å². The lowest BCUT2D eigenvalue weighted by molar-refractivity contribution is -0.140. The van der Waals surface area contributed by atoms with E-state index in [1.807, 2.05) is 0 Å². The molecule has 21 heteroatoms. The number of likely N-dealkylation sites (tertiary alicyclic amines) is 1. The Labute approximate surface area is 321 Å². The summed E-state index contributed by atoms with van der Waals surface area (Å²) in [6, 6.07) is 6.15. The third-order valence-corrected chi connectivity index (χ3v) is 15.0.